The highest BCUT2D eigenvalue weighted by molar-refractivity contribution is 7.91. The normalized spacial score (nSPS) is 16.6. The average Bonchev–Trinajstić information content (AvgIpc) is 3.21. The Kier molecular flexibility index (Phi) is 5.99. The van der Waals surface area contributed by atoms with E-state index in [1.54, 1.807) is 12.1 Å². The molecule has 0 radical (unpaired) electrons. The largest absolute Gasteiger partial charge is 0.444 e. The van der Waals surface area contributed by atoms with E-state index >= 15 is 0 Å². The van der Waals surface area contributed by atoms with E-state index in [0.29, 0.717) is 49.4 Å². The lowest BCUT2D eigenvalue weighted by Crippen LogP contribution is -2.48. The molecule has 8 nitrogen and oxygen atoms in total. The Balaban J connectivity index is 1.58. The first-order valence-electron chi connectivity index (χ1n) is 8.74. The van der Waals surface area contributed by atoms with Crippen molar-refractivity contribution < 1.29 is 17.6 Å². The number of hydrogen-bond donors (Lipinski definition) is 1. The van der Waals surface area contributed by atoms with Gasteiger partial charge in [-0.2, -0.15) is 4.31 Å². The predicted octanol–water partition coefficient (Wildman–Crippen LogP) is 1.50. The molecule has 2 aromatic heterocycles. The molecule has 1 amide bonds. The number of aromatic nitrogens is 1. The smallest absolute Gasteiger partial charge is 0.252 e. The number of piperazine rings is 1. The van der Waals surface area contributed by atoms with Crippen molar-refractivity contribution in [2.75, 3.05) is 26.2 Å². The predicted molar refractivity (Wildman–Crippen MR) is 102 cm³/mol. The van der Waals surface area contributed by atoms with Crippen LogP contribution >= 0.6 is 11.3 Å². The summed E-state index contributed by atoms with van der Waals surface area (Å²) >= 11 is 1.20. The van der Waals surface area contributed by atoms with Gasteiger partial charge in [-0.3, -0.25) is 9.69 Å². The summed E-state index contributed by atoms with van der Waals surface area (Å²) in [7, 11) is -3.51. The quantitative estimate of drug-likeness (QED) is 0.772. The van der Waals surface area contributed by atoms with Gasteiger partial charge in [-0.05, 0) is 26.0 Å². The third-order valence-electron chi connectivity index (χ3n) is 4.51. The van der Waals surface area contributed by atoms with Crippen LogP contribution in [0.15, 0.2) is 20.8 Å². The number of amides is 1. The Morgan fingerprint density at radius 3 is 2.56 bits per heavy atom. The first kappa shape index (κ1) is 20.0. The van der Waals surface area contributed by atoms with E-state index in [4.69, 9.17) is 4.42 Å². The van der Waals surface area contributed by atoms with Crippen molar-refractivity contribution in [3.63, 3.8) is 0 Å². The Bertz CT molecular complexity index is 892. The van der Waals surface area contributed by atoms with Crippen LogP contribution < -0.4 is 5.32 Å². The molecule has 3 heterocycles. The van der Waals surface area contributed by atoms with Gasteiger partial charge in [-0.25, -0.2) is 13.4 Å². The van der Waals surface area contributed by atoms with Crippen molar-refractivity contribution >= 4 is 27.3 Å². The molecule has 1 N–H and O–H groups in total. The fourth-order valence-electron chi connectivity index (χ4n) is 2.86. The standard InChI is InChI=1S/C17H24N4O4S2/c1-12-13(2)25-16(19-12)11-20-6-8-21(9-7-20)27(23,24)17-5-4-15(26-17)10-18-14(3)22/h4-5H,6-11H2,1-3H3,(H,18,22). The molecule has 0 atom stereocenters. The molecule has 0 saturated carbocycles. The van der Waals surface area contributed by atoms with Crippen molar-refractivity contribution in [2.45, 2.75) is 38.1 Å². The van der Waals surface area contributed by atoms with Crippen molar-refractivity contribution in [3.05, 3.63) is 34.4 Å². The molecule has 0 bridgehead atoms. The molecule has 1 fully saturated rings. The number of carbonyl (C=O) groups is 1. The van der Waals surface area contributed by atoms with Crippen LogP contribution in [-0.2, 0) is 27.9 Å². The molecular formula is C17H24N4O4S2. The van der Waals surface area contributed by atoms with Crippen LogP contribution in [0.1, 0.15) is 29.1 Å². The first-order chi connectivity index (χ1) is 12.8. The highest BCUT2D eigenvalue weighted by Crippen LogP contribution is 2.26. The summed E-state index contributed by atoms with van der Waals surface area (Å²) < 4.78 is 33.1. The number of carbonyl (C=O) groups excluding carboxylic acids is 1. The maximum atomic E-state index is 12.9. The molecule has 3 rings (SSSR count). The van der Waals surface area contributed by atoms with Crippen molar-refractivity contribution in [1.82, 2.24) is 19.5 Å². The number of sulfonamides is 1. The first-order valence-corrected chi connectivity index (χ1v) is 11.0. The van der Waals surface area contributed by atoms with Gasteiger partial charge in [0.2, 0.25) is 11.8 Å². The summed E-state index contributed by atoms with van der Waals surface area (Å²) in [4.78, 5) is 18.3. The van der Waals surface area contributed by atoms with Crippen LogP contribution in [0.3, 0.4) is 0 Å². The van der Waals surface area contributed by atoms with E-state index in [2.05, 4.69) is 15.2 Å². The van der Waals surface area contributed by atoms with Gasteiger partial charge in [0.15, 0.2) is 0 Å². The Labute approximate surface area is 163 Å². The lowest BCUT2D eigenvalue weighted by molar-refractivity contribution is -0.119. The SMILES string of the molecule is CC(=O)NCc1ccc(S(=O)(=O)N2CCN(Cc3nc(C)c(C)o3)CC2)s1. The Morgan fingerprint density at radius 1 is 1.26 bits per heavy atom. The fourth-order valence-corrected chi connectivity index (χ4v) is 5.73. The van der Waals surface area contributed by atoms with Crippen LogP contribution in [0.2, 0.25) is 0 Å². The van der Waals surface area contributed by atoms with Gasteiger partial charge >= 0.3 is 0 Å². The summed E-state index contributed by atoms with van der Waals surface area (Å²) in [6.07, 6.45) is 0. The molecule has 10 heteroatoms. The second kappa shape index (κ2) is 8.09. The van der Waals surface area contributed by atoms with Crippen LogP contribution in [0, 0.1) is 13.8 Å². The Hall–Kier alpha value is -1.75. The number of oxazole rings is 1. The summed E-state index contributed by atoms with van der Waals surface area (Å²) in [5.74, 6) is 1.35. The number of nitrogens with zero attached hydrogens (tertiary/aromatic N) is 3. The van der Waals surface area contributed by atoms with Crippen LogP contribution in [0.25, 0.3) is 0 Å². The van der Waals surface area contributed by atoms with E-state index in [9.17, 15) is 13.2 Å². The van der Waals surface area contributed by atoms with E-state index in [0.717, 1.165) is 16.3 Å². The maximum Gasteiger partial charge on any atom is 0.252 e. The molecule has 148 valence electrons. The number of rotatable bonds is 6. The monoisotopic (exact) mass is 412 g/mol. The molecular weight excluding hydrogens is 388 g/mol. The summed E-state index contributed by atoms with van der Waals surface area (Å²) in [6.45, 7) is 8.28. The minimum atomic E-state index is -3.51. The van der Waals surface area contributed by atoms with Crippen molar-refractivity contribution in [1.29, 1.82) is 0 Å². The van der Waals surface area contributed by atoms with Gasteiger partial charge in [-0.15, -0.1) is 11.3 Å². The topological polar surface area (TPSA) is 95.8 Å². The summed E-state index contributed by atoms with van der Waals surface area (Å²) in [6, 6.07) is 3.36. The Morgan fingerprint density at radius 2 is 1.96 bits per heavy atom. The number of aryl methyl sites for hydroxylation is 2. The molecule has 0 aromatic carbocycles. The lowest BCUT2D eigenvalue weighted by Gasteiger charge is -2.32. The van der Waals surface area contributed by atoms with E-state index in [-0.39, 0.29) is 5.91 Å². The third kappa shape index (κ3) is 4.75. The summed E-state index contributed by atoms with van der Waals surface area (Å²) in [5.41, 5.74) is 0.888. The van der Waals surface area contributed by atoms with E-state index in [1.807, 2.05) is 13.8 Å². The minimum Gasteiger partial charge on any atom is -0.444 e. The second-order valence-electron chi connectivity index (χ2n) is 6.56. The van der Waals surface area contributed by atoms with Gasteiger partial charge < -0.3 is 9.73 Å². The van der Waals surface area contributed by atoms with Gasteiger partial charge in [0.05, 0.1) is 18.8 Å². The highest BCUT2D eigenvalue weighted by atomic mass is 32.2. The van der Waals surface area contributed by atoms with Crippen molar-refractivity contribution in [2.24, 2.45) is 0 Å². The van der Waals surface area contributed by atoms with Gasteiger partial charge in [-0.1, -0.05) is 0 Å². The molecule has 0 unspecified atom stereocenters. The number of hydrogen-bond acceptors (Lipinski definition) is 7. The van der Waals surface area contributed by atoms with Gasteiger partial charge in [0.25, 0.3) is 10.0 Å². The fraction of sp³-hybridized carbons (Fsp3) is 0.529. The summed E-state index contributed by atoms with van der Waals surface area (Å²) in [5, 5.41) is 2.68. The van der Waals surface area contributed by atoms with Gasteiger partial charge in [0.1, 0.15) is 9.97 Å². The molecule has 1 aliphatic heterocycles. The van der Waals surface area contributed by atoms with Gasteiger partial charge in [0, 0.05) is 38.0 Å². The van der Waals surface area contributed by atoms with E-state index in [1.165, 1.54) is 22.6 Å². The van der Waals surface area contributed by atoms with Crippen molar-refractivity contribution in [3.8, 4) is 0 Å². The molecule has 1 saturated heterocycles. The zero-order valence-electron chi connectivity index (χ0n) is 15.7. The molecule has 0 aliphatic carbocycles. The minimum absolute atomic E-state index is 0.139. The lowest BCUT2D eigenvalue weighted by atomic mass is 10.3. The van der Waals surface area contributed by atoms with Crippen LogP contribution in [0.4, 0.5) is 0 Å². The third-order valence-corrected chi connectivity index (χ3v) is 7.96. The number of nitrogens with one attached hydrogen (secondary N) is 1. The molecule has 1 aliphatic rings. The van der Waals surface area contributed by atoms with Crippen LogP contribution in [-0.4, -0.2) is 54.7 Å². The van der Waals surface area contributed by atoms with E-state index < -0.39 is 10.0 Å². The number of thiophene rings is 1. The highest BCUT2D eigenvalue weighted by Gasteiger charge is 2.30. The van der Waals surface area contributed by atoms with Crippen LogP contribution in [0.5, 0.6) is 0 Å². The molecule has 27 heavy (non-hydrogen) atoms. The molecule has 0 spiro atoms. The molecule has 2 aromatic rings. The zero-order chi connectivity index (χ0) is 19.6. The second-order valence-corrected chi connectivity index (χ2v) is 9.89. The average molecular weight is 413 g/mol. The maximum absolute atomic E-state index is 12.9. The zero-order valence-corrected chi connectivity index (χ0v) is 17.3.